The second kappa shape index (κ2) is 8.59. The van der Waals surface area contributed by atoms with E-state index in [4.69, 9.17) is 0 Å². The second-order valence-electron chi connectivity index (χ2n) is 8.24. The number of nitrogens with zero attached hydrogens (tertiary/aromatic N) is 2. The molecular formula is C20H30N4O2S. The lowest BCUT2D eigenvalue weighted by Gasteiger charge is -2.29. The fourth-order valence-corrected chi connectivity index (χ4v) is 5.64. The van der Waals surface area contributed by atoms with Gasteiger partial charge in [-0.3, -0.25) is 10.1 Å². The van der Waals surface area contributed by atoms with Crippen LogP contribution < -0.4 is 10.6 Å². The largest absolute Gasteiger partial charge is 0.337 e. The van der Waals surface area contributed by atoms with Crippen LogP contribution in [-0.2, 0) is 17.8 Å². The van der Waals surface area contributed by atoms with Crippen molar-refractivity contribution in [2.24, 2.45) is 5.92 Å². The van der Waals surface area contributed by atoms with E-state index in [1.165, 1.54) is 56.3 Å². The molecule has 3 amide bonds. The molecule has 0 radical (unpaired) electrons. The quantitative estimate of drug-likeness (QED) is 0.814. The number of thiazole rings is 1. The summed E-state index contributed by atoms with van der Waals surface area (Å²) in [4.78, 5) is 32.5. The number of rotatable bonds is 4. The molecule has 0 spiro atoms. The van der Waals surface area contributed by atoms with Gasteiger partial charge in [-0.15, -0.1) is 0 Å². The molecule has 1 aromatic heterocycles. The van der Waals surface area contributed by atoms with Gasteiger partial charge in [0.15, 0.2) is 5.13 Å². The molecule has 0 saturated heterocycles. The highest BCUT2D eigenvalue weighted by Gasteiger charge is 2.27. The third kappa shape index (κ3) is 4.81. The summed E-state index contributed by atoms with van der Waals surface area (Å²) in [6, 6.07) is 0.144. The number of urea groups is 1. The smallest absolute Gasteiger partial charge is 0.321 e. The molecule has 2 fully saturated rings. The van der Waals surface area contributed by atoms with Crippen LogP contribution >= 0.6 is 11.3 Å². The van der Waals surface area contributed by atoms with Gasteiger partial charge >= 0.3 is 6.03 Å². The van der Waals surface area contributed by atoms with E-state index in [2.05, 4.69) is 15.6 Å². The average molecular weight is 391 g/mol. The fraction of sp³-hybridized carbons (Fsp3) is 0.750. The minimum atomic E-state index is -0.154. The number of carbonyl (C=O) groups excluding carboxylic acids is 2. The van der Waals surface area contributed by atoms with Gasteiger partial charge in [0, 0.05) is 30.3 Å². The van der Waals surface area contributed by atoms with Crippen LogP contribution in [0.25, 0.3) is 0 Å². The second-order valence-corrected chi connectivity index (χ2v) is 9.33. The Bertz CT molecular complexity index is 678. The predicted molar refractivity (Wildman–Crippen MR) is 107 cm³/mol. The van der Waals surface area contributed by atoms with Crippen LogP contribution in [0.15, 0.2) is 0 Å². The first-order valence-electron chi connectivity index (χ1n) is 10.5. The van der Waals surface area contributed by atoms with Crippen molar-refractivity contribution in [2.45, 2.75) is 83.2 Å². The third-order valence-electron chi connectivity index (χ3n) is 6.18. The minimum absolute atomic E-state index is 0.154. The molecule has 7 heteroatoms. The first-order chi connectivity index (χ1) is 13.2. The lowest BCUT2D eigenvalue weighted by Crippen LogP contribution is -2.36. The molecule has 2 N–H and O–H groups in total. The highest BCUT2D eigenvalue weighted by atomic mass is 32.1. The van der Waals surface area contributed by atoms with Gasteiger partial charge in [0.1, 0.15) is 0 Å². The summed E-state index contributed by atoms with van der Waals surface area (Å²) in [5.41, 5.74) is 1.04. The molecule has 0 unspecified atom stereocenters. The Morgan fingerprint density at radius 1 is 1.07 bits per heavy atom. The van der Waals surface area contributed by atoms with Gasteiger partial charge in [-0.05, 0) is 31.6 Å². The van der Waals surface area contributed by atoms with Gasteiger partial charge in [0.25, 0.3) is 0 Å². The molecular weight excluding hydrogens is 360 g/mol. The van der Waals surface area contributed by atoms with Crippen molar-refractivity contribution < 1.29 is 9.59 Å². The van der Waals surface area contributed by atoms with Crippen molar-refractivity contribution in [3.8, 4) is 0 Å². The fourth-order valence-electron chi connectivity index (χ4n) is 4.62. The summed E-state index contributed by atoms with van der Waals surface area (Å²) in [5.74, 6) is 0.861. The van der Waals surface area contributed by atoms with Gasteiger partial charge in [-0.2, -0.15) is 0 Å². The monoisotopic (exact) mass is 390 g/mol. The molecule has 2 aliphatic carbocycles. The number of amides is 3. The molecule has 1 aromatic rings. The van der Waals surface area contributed by atoms with E-state index in [0.29, 0.717) is 30.1 Å². The Balaban J connectivity index is 1.30. The maximum Gasteiger partial charge on any atom is 0.321 e. The predicted octanol–water partition coefficient (Wildman–Crippen LogP) is 4.06. The van der Waals surface area contributed by atoms with Crippen LogP contribution in [0.5, 0.6) is 0 Å². The van der Waals surface area contributed by atoms with Gasteiger partial charge in [-0.1, -0.05) is 43.4 Å². The highest BCUT2D eigenvalue weighted by Crippen LogP contribution is 2.31. The summed E-state index contributed by atoms with van der Waals surface area (Å²) in [6.07, 6.45) is 12.3. The molecule has 3 aliphatic rings. The number of nitrogens with one attached hydrogen (secondary N) is 2. The Labute approximate surface area is 165 Å². The summed E-state index contributed by atoms with van der Waals surface area (Å²) < 4.78 is 0. The number of fused-ring (bicyclic) bond motifs is 1. The lowest BCUT2D eigenvalue weighted by atomic mass is 9.86. The van der Waals surface area contributed by atoms with Crippen molar-refractivity contribution in [2.75, 3.05) is 11.9 Å². The zero-order chi connectivity index (χ0) is 18.6. The molecule has 0 aromatic carbocycles. The van der Waals surface area contributed by atoms with Crippen LogP contribution in [0.1, 0.15) is 74.8 Å². The standard InChI is InChI=1S/C20H30N4O2S/c25-18(12-14-6-2-1-3-7-14)24-11-10-16-17(13-24)27-20(22-16)23-19(26)21-15-8-4-5-9-15/h14-15H,1-13H2,(H2,21,22,23,26). The number of hydrogen-bond acceptors (Lipinski definition) is 4. The van der Waals surface area contributed by atoms with Crippen LogP contribution in [0.4, 0.5) is 9.93 Å². The van der Waals surface area contributed by atoms with E-state index >= 15 is 0 Å². The van der Waals surface area contributed by atoms with E-state index in [-0.39, 0.29) is 11.9 Å². The maximum atomic E-state index is 12.7. The molecule has 27 heavy (non-hydrogen) atoms. The molecule has 4 rings (SSSR count). The number of hydrogen-bond donors (Lipinski definition) is 2. The highest BCUT2D eigenvalue weighted by molar-refractivity contribution is 7.15. The van der Waals surface area contributed by atoms with Crippen molar-refractivity contribution in [3.05, 3.63) is 10.6 Å². The van der Waals surface area contributed by atoms with Crippen molar-refractivity contribution in [1.82, 2.24) is 15.2 Å². The third-order valence-corrected chi connectivity index (χ3v) is 7.18. The van der Waals surface area contributed by atoms with Gasteiger partial charge < -0.3 is 10.2 Å². The summed E-state index contributed by atoms with van der Waals surface area (Å²) in [7, 11) is 0. The van der Waals surface area contributed by atoms with E-state index in [9.17, 15) is 9.59 Å². The van der Waals surface area contributed by atoms with E-state index < -0.39 is 0 Å². The first-order valence-corrected chi connectivity index (χ1v) is 11.3. The zero-order valence-electron chi connectivity index (χ0n) is 16.0. The van der Waals surface area contributed by atoms with E-state index in [0.717, 1.165) is 36.4 Å². The SMILES string of the molecule is O=C(Nc1nc2c(s1)CN(C(=O)CC1CCCCC1)CC2)NC1CCCC1. The van der Waals surface area contributed by atoms with Gasteiger partial charge in [-0.25, -0.2) is 9.78 Å². The molecule has 2 saturated carbocycles. The first kappa shape index (κ1) is 18.7. The van der Waals surface area contributed by atoms with E-state index in [1.54, 1.807) is 0 Å². The van der Waals surface area contributed by atoms with Crippen LogP contribution in [0, 0.1) is 5.92 Å². The minimum Gasteiger partial charge on any atom is -0.337 e. The summed E-state index contributed by atoms with van der Waals surface area (Å²) >= 11 is 1.51. The molecule has 6 nitrogen and oxygen atoms in total. The van der Waals surface area contributed by atoms with Gasteiger partial charge in [0.2, 0.25) is 5.91 Å². The average Bonchev–Trinajstić information content (AvgIpc) is 3.30. The zero-order valence-corrected chi connectivity index (χ0v) is 16.8. The molecule has 0 bridgehead atoms. The number of anilines is 1. The van der Waals surface area contributed by atoms with E-state index in [1.807, 2.05) is 4.90 Å². The molecule has 148 valence electrons. The van der Waals surface area contributed by atoms with Gasteiger partial charge in [0.05, 0.1) is 12.2 Å². The Kier molecular flexibility index (Phi) is 5.95. The molecule has 1 aliphatic heterocycles. The molecule has 0 atom stereocenters. The number of aromatic nitrogens is 1. The summed E-state index contributed by atoms with van der Waals surface area (Å²) in [5, 5.41) is 6.57. The Morgan fingerprint density at radius 2 is 1.81 bits per heavy atom. The van der Waals surface area contributed by atoms with Crippen molar-refractivity contribution >= 4 is 28.4 Å². The normalized spacial score (nSPS) is 21.1. The molecule has 2 heterocycles. The summed E-state index contributed by atoms with van der Waals surface area (Å²) in [6.45, 7) is 1.39. The van der Waals surface area contributed by atoms with Crippen molar-refractivity contribution in [1.29, 1.82) is 0 Å². The Hall–Kier alpha value is -1.63. The van der Waals surface area contributed by atoms with Crippen LogP contribution in [0.3, 0.4) is 0 Å². The lowest BCUT2D eigenvalue weighted by molar-refractivity contribution is -0.133. The Morgan fingerprint density at radius 3 is 2.59 bits per heavy atom. The maximum absolute atomic E-state index is 12.7. The topological polar surface area (TPSA) is 74.3 Å². The number of carbonyl (C=O) groups is 2. The van der Waals surface area contributed by atoms with Crippen LogP contribution in [-0.4, -0.2) is 34.4 Å². The van der Waals surface area contributed by atoms with Crippen LogP contribution in [0.2, 0.25) is 0 Å². The van der Waals surface area contributed by atoms with Crippen molar-refractivity contribution in [3.63, 3.8) is 0 Å².